The molecule has 0 aliphatic heterocycles. The van der Waals surface area contributed by atoms with E-state index in [4.69, 9.17) is 5.73 Å². The Hall–Kier alpha value is -0.410. The summed E-state index contributed by atoms with van der Waals surface area (Å²) in [5.74, 6) is 0. The highest BCUT2D eigenvalue weighted by molar-refractivity contribution is 9.10. The second-order valence-corrected chi connectivity index (χ2v) is 3.14. The van der Waals surface area contributed by atoms with Gasteiger partial charge in [0.15, 0.2) is 0 Å². The van der Waals surface area contributed by atoms with Gasteiger partial charge in [-0.05, 0) is 34.5 Å². The molecule has 1 aromatic heterocycles. The molecule has 1 heterocycles. The Morgan fingerprint density at radius 2 is 2.30 bits per heavy atom. The van der Waals surface area contributed by atoms with Gasteiger partial charge in [0.05, 0.1) is 0 Å². The van der Waals surface area contributed by atoms with Crippen molar-refractivity contribution in [1.82, 2.24) is 4.98 Å². The summed E-state index contributed by atoms with van der Waals surface area (Å²) < 4.78 is 0.974. The van der Waals surface area contributed by atoms with Crippen LogP contribution >= 0.6 is 15.9 Å². The van der Waals surface area contributed by atoms with E-state index in [1.807, 2.05) is 13.0 Å². The zero-order valence-electron chi connectivity index (χ0n) is 5.71. The Kier molecular flexibility index (Phi) is 2.40. The van der Waals surface area contributed by atoms with Gasteiger partial charge in [-0.25, -0.2) is 0 Å². The number of aromatic nitrogens is 1. The lowest BCUT2D eigenvalue weighted by atomic mass is 10.2. The topological polar surface area (TPSA) is 38.9 Å². The van der Waals surface area contributed by atoms with E-state index in [-0.39, 0.29) is 6.04 Å². The van der Waals surface area contributed by atoms with Gasteiger partial charge in [0, 0.05) is 22.9 Å². The fourth-order valence-corrected chi connectivity index (χ4v) is 1.06. The normalized spacial score (nSPS) is 13.1. The first kappa shape index (κ1) is 7.69. The van der Waals surface area contributed by atoms with Gasteiger partial charge in [-0.3, -0.25) is 4.98 Å². The average molecular weight is 201 g/mol. The van der Waals surface area contributed by atoms with Crippen molar-refractivity contribution < 1.29 is 0 Å². The molecule has 0 unspecified atom stereocenters. The van der Waals surface area contributed by atoms with E-state index in [2.05, 4.69) is 20.9 Å². The fraction of sp³-hybridized carbons (Fsp3) is 0.286. The summed E-state index contributed by atoms with van der Waals surface area (Å²) in [5.41, 5.74) is 6.67. The largest absolute Gasteiger partial charge is 0.324 e. The lowest BCUT2D eigenvalue weighted by Crippen LogP contribution is -2.04. The van der Waals surface area contributed by atoms with Gasteiger partial charge in [0.1, 0.15) is 0 Å². The SMILES string of the molecule is C[C@H](N)c1cncc(Br)c1. The average Bonchev–Trinajstić information content (AvgIpc) is 1.88. The third kappa shape index (κ3) is 1.78. The number of hydrogen-bond acceptors (Lipinski definition) is 2. The number of hydrogen-bond donors (Lipinski definition) is 1. The highest BCUT2D eigenvalue weighted by atomic mass is 79.9. The number of nitrogens with two attached hydrogens (primary N) is 1. The Bertz CT molecular complexity index is 223. The summed E-state index contributed by atoms with van der Waals surface area (Å²) in [6.45, 7) is 1.93. The van der Waals surface area contributed by atoms with Crippen LogP contribution in [0.5, 0.6) is 0 Å². The maximum atomic E-state index is 5.62. The molecule has 10 heavy (non-hydrogen) atoms. The van der Waals surface area contributed by atoms with Crippen LogP contribution in [0.2, 0.25) is 0 Å². The first-order valence-electron chi connectivity index (χ1n) is 3.06. The van der Waals surface area contributed by atoms with Crippen molar-refractivity contribution in [2.75, 3.05) is 0 Å². The van der Waals surface area contributed by atoms with Crippen molar-refractivity contribution in [3.05, 3.63) is 28.5 Å². The molecule has 0 aromatic carbocycles. The molecular weight excluding hydrogens is 192 g/mol. The van der Waals surface area contributed by atoms with Crippen molar-refractivity contribution in [3.63, 3.8) is 0 Å². The first-order chi connectivity index (χ1) is 4.70. The summed E-state index contributed by atoms with van der Waals surface area (Å²) >= 11 is 3.31. The van der Waals surface area contributed by atoms with Gasteiger partial charge in [0.25, 0.3) is 0 Å². The van der Waals surface area contributed by atoms with Crippen molar-refractivity contribution in [2.24, 2.45) is 5.73 Å². The minimum Gasteiger partial charge on any atom is -0.324 e. The highest BCUT2D eigenvalue weighted by Crippen LogP contribution is 2.13. The molecule has 2 nitrogen and oxygen atoms in total. The molecule has 0 fully saturated rings. The number of nitrogens with zero attached hydrogens (tertiary/aromatic N) is 1. The van der Waals surface area contributed by atoms with Gasteiger partial charge in [-0.15, -0.1) is 0 Å². The summed E-state index contributed by atoms with van der Waals surface area (Å²) in [6.07, 6.45) is 3.52. The van der Waals surface area contributed by atoms with Crippen LogP contribution in [0.1, 0.15) is 18.5 Å². The molecule has 3 heteroatoms. The third-order valence-corrected chi connectivity index (χ3v) is 1.69. The molecule has 0 spiro atoms. The molecular formula is C7H9BrN2. The molecule has 0 amide bonds. The van der Waals surface area contributed by atoms with Gasteiger partial charge in [-0.1, -0.05) is 0 Å². The van der Waals surface area contributed by atoms with Crippen molar-refractivity contribution in [3.8, 4) is 0 Å². The number of halogens is 1. The van der Waals surface area contributed by atoms with Crippen LogP contribution in [0, 0.1) is 0 Å². The quantitative estimate of drug-likeness (QED) is 0.753. The Morgan fingerprint density at radius 1 is 1.60 bits per heavy atom. The van der Waals surface area contributed by atoms with E-state index >= 15 is 0 Å². The summed E-state index contributed by atoms with van der Waals surface area (Å²) in [7, 11) is 0. The van der Waals surface area contributed by atoms with E-state index in [0.29, 0.717) is 0 Å². The first-order valence-corrected chi connectivity index (χ1v) is 3.85. The molecule has 1 atom stereocenters. The van der Waals surface area contributed by atoms with E-state index in [1.165, 1.54) is 0 Å². The van der Waals surface area contributed by atoms with Crippen LogP contribution in [-0.4, -0.2) is 4.98 Å². The van der Waals surface area contributed by atoms with Crippen molar-refractivity contribution in [2.45, 2.75) is 13.0 Å². The Labute approximate surface area is 68.6 Å². The third-order valence-electron chi connectivity index (χ3n) is 1.25. The fourth-order valence-electron chi connectivity index (χ4n) is 0.677. The van der Waals surface area contributed by atoms with Crippen LogP contribution in [0.15, 0.2) is 22.9 Å². The second kappa shape index (κ2) is 3.12. The Morgan fingerprint density at radius 3 is 2.70 bits per heavy atom. The van der Waals surface area contributed by atoms with Crippen LogP contribution in [0.25, 0.3) is 0 Å². The molecule has 0 saturated carbocycles. The molecule has 1 aromatic rings. The second-order valence-electron chi connectivity index (χ2n) is 2.23. The van der Waals surface area contributed by atoms with Crippen LogP contribution in [0.3, 0.4) is 0 Å². The van der Waals surface area contributed by atoms with Gasteiger partial charge >= 0.3 is 0 Å². The standard InChI is InChI=1S/C7H9BrN2/c1-5(9)6-2-7(8)4-10-3-6/h2-5H,9H2,1H3/t5-/m0/s1. The maximum Gasteiger partial charge on any atom is 0.0410 e. The predicted octanol–water partition coefficient (Wildman–Crippen LogP) is 1.86. The van der Waals surface area contributed by atoms with Crippen LogP contribution in [-0.2, 0) is 0 Å². The molecule has 0 radical (unpaired) electrons. The van der Waals surface area contributed by atoms with E-state index in [1.54, 1.807) is 12.4 Å². The van der Waals surface area contributed by atoms with Crippen LogP contribution < -0.4 is 5.73 Å². The van der Waals surface area contributed by atoms with E-state index in [0.717, 1.165) is 10.0 Å². The predicted molar refractivity (Wildman–Crippen MR) is 44.5 cm³/mol. The molecule has 2 N–H and O–H groups in total. The van der Waals surface area contributed by atoms with Crippen LogP contribution in [0.4, 0.5) is 0 Å². The lowest BCUT2D eigenvalue weighted by Gasteiger charge is -2.03. The summed E-state index contributed by atoms with van der Waals surface area (Å²) in [6, 6.07) is 2.03. The highest BCUT2D eigenvalue weighted by Gasteiger charge is 1.98. The van der Waals surface area contributed by atoms with Crippen molar-refractivity contribution >= 4 is 15.9 Å². The monoisotopic (exact) mass is 200 g/mol. The van der Waals surface area contributed by atoms with E-state index < -0.39 is 0 Å². The molecule has 54 valence electrons. The summed E-state index contributed by atoms with van der Waals surface area (Å²) in [5, 5.41) is 0. The molecule has 0 aliphatic carbocycles. The number of rotatable bonds is 1. The van der Waals surface area contributed by atoms with Gasteiger partial charge < -0.3 is 5.73 Å². The molecule has 0 bridgehead atoms. The van der Waals surface area contributed by atoms with E-state index in [9.17, 15) is 0 Å². The zero-order valence-corrected chi connectivity index (χ0v) is 7.30. The molecule has 1 rings (SSSR count). The number of pyridine rings is 1. The molecule has 0 saturated heterocycles. The maximum absolute atomic E-state index is 5.62. The Balaban J connectivity index is 2.96. The summed E-state index contributed by atoms with van der Waals surface area (Å²) in [4.78, 5) is 3.98. The lowest BCUT2D eigenvalue weighted by molar-refractivity contribution is 0.810. The van der Waals surface area contributed by atoms with Gasteiger partial charge in [-0.2, -0.15) is 0 Å². The minimum atomic E-state index is 0.0602. The van der Waals surface area contributed by atoms with Gasteiger partial charge in [0.2, 0.25) is 0 Å². The smallest absolute Gasteiger partial charge is 0.0410 e. The molecule has 0 aliphatic rings. The minimum absolute atomic E-state index is 0.0602. The zero-order chi connectivity index (χ0) is 7.56. The van der Waals surface area contributed by atoms with Crippen molar-refractivity contribution in [1.29, 1.82) is 0 Å².